The molecule has 2 unspecified atom stereocenters. The molecule has 0 aliphatic heterocycles. The average molecular weight is 265 g/mol. The fourth-order valence-corrected chi connectivity index (χ4v) is 3.11. The maximum absolute atomic E-state index is 11.5. The normalized spacial score (nSPS) is 25.0. The standard InChI is InChI=1S/C10H19NO5S/c12-9-4-1-3-8(9)7-11-17(15,16)6-2-5-10(13)14/h8-9,11-12H,1-7H2,(H,13,14). The van der Waals surface area contributed by atoms with E-state index >= 15 is 0 Å². The summed E-state index contributed by atoms with van der Waals surface area (Å²) >= 11 is 0. The van der Waals surface area contributed by atoms with Crippen molar-refractivity contribution in [2.75, 3.05) is 12.3 Å². The number of aliphatic hydroxyl groups excluding tert-OH is 1. The van der Waals surface area contributed by atoms with Crippen LogP contribution in [-0.4, -0.2) is 43.0 Å². The Hall–Kier alpha value is -0.660. The topological polar surface area (TPSA) is 104 Å². The molecule has 0 aromatic rings. The van der Waals surface area contributed by atoms with Gasteiger partial charge in [-0.25, -0.2) is 13.1 Å². The van der Waals surface area contributed by atoms with Crippen molar-refractivity contribution >= 4 is 16.0 Å². The molecule has 17 heavy (non-hydrogen) atoms. The van der Waals surface area contributed by atoms with Crippen LogP contribution in [0.3, 0.4) is 0 Å². The highest BCUT2D eigenvalue weighted by molar-refractivity contribution is 7.89. The summed E-state index contributed by atoms with van der Waals surface area (Å²) in [6, 6.07) is 0. The molecule has 1 aliphatic carbocycles. The Labute approximate surface area is 101 Å². The van der Waals surface area contributed by atoms with Crippen LogP contribution in [0, 0.1) is 5.92 Å². The molecule has 0 spiro atoms. The van der Waals surface area contributed by atoms with Crippen molar-refractivity contribution in [2.45, 2.75) is 38.2 Å². The summed E-state index contributed by atoms with van der Waals surface area (Å²) in [5.41, 5.74) is 0. The molecule has 0 bridgehead atoms. The maximum Gasteiger partial charge on any atom is 0.303 e. The second kappa shape index (κ2) is 6.32. The maximum atomic E-state index is 11.5. The predicted molar refractivity (Wildman–Crippen MR) is 62.0 cm³/mol. The molecule has 0 radical (unpaired) electrons. The van der Waals surface area contributed by atoms with E-state index in [9.17, 15) is 18.3 Å². The van der Waals surface area contributed by atoms with Gasteiger partial charge < -0.3 is 10.2 Å². The van der Waals surface area contributed by atoms with Crippen LogP contribution in [0.15, 0.2) is 0 Å². The summed E-state index contributed by atoms with van der Waals surface area (Å²) in [6.45, 7) is 0.247. The van der Waals surface area contributed by atoms with Crippen LogP contribution in [0.2, 0.25) is 0 Å². The first-order valence-electron chi connectivity index (χ1n) is 5.78. The SMILES string of the molecule is O=C(O)CCCS(=O)(=O)NCC1CCCC1O. The fourth-order valence-electron chi connectivity index (χ4n) is 1.97. The minimum absolute atomic E-state index is 0.00995. The van der Waals surface area contributed by atoms with Crippen LogP contribution in [0.4, 0.5) is 0 Å². The Morgan fingerprint density at radius 1 is 1.35 bits per heavy atom. The van der Waals surface area contributed by atoms with Gasteiger partial charge in [0, 0.05) is 13.0 Å². The number of aliphatic hydroxyl groups is 1. The third-order valence-electron chi connectivity index (χ3n) is 2.99. The lowest BCUT2D eigenvalue weighted by molar-refractivity contribution is -0.137. The van der Waals surface area contributed by atoms with Crippen LogP contribution in [-0.2, 0) is 14.8 Å². The minimum Gasteiger partial charge on any atom is -0.481 e. The molecule has 0 saturated heterocycles. The van der Waals surface area contributed by atoms with Gasteiger partial charge in [-0.3, -0.25) is 4.79 Å². The van der Waals surface area contributed by atoms with E-state index in [0.29, 0.717) is 0 Å². The van der Waals surface area contributed by atoms with Gasteiger partial charge >= 0.3 is 5.97 Å². The summed E-state index contributed by atoms with van der Waals surface area (Å²) in [6.07, 6.45) is 2.03. The molecule has 0 aromatic heterocycles. The van der Waals surface area contributed by atoms with E-state index < -0.39 is 22.1 Å². The quantitative estimate of drug-likeness (QED) is 0.598. The Morgan fingerprint density at radius 2 is 2.06 bits per heavy atom. The van der Waals surface area contributed by atoms with Crippen LogP contribution >= 0.6 is 0 Å². The van der Waals surface area contributed by atoms with Crippen LogP contribution in [0.25, 0.3) is 0 Å². The highest BCUT2D eigenvalue weighted by Crippen LogP contribution is 2.24. The van der Waals surface area contributed by atoms with E-state index in [2.05, 4.69) is 4.72 Å². The van der Waals surface area contributed by atoms with Gasteiger partial charge in [0.2, 0.25) is 10.0 Å². The van der Waals surface area contributed by atoms with Gasteiger partial charge in [0.25, 0.3) is 0 Å². The van der Waals surface area contributed by atoms with E-state index in [1.807, 2.05) is 0 Å². The number of sulfonamides is 1. The van der Waals surface area contributed by atoms with Gasteiger partial charge in [0.05, 0.1) is 11.9 Å². The van der Waals surface area contributed by atoms with Gasteiger partial charge in [-0.05, 0) is 25.2 Å². The van der Waals surface area contributed by atoms with Gasteiger partial charge in [-0.15, -0.1) is 0 Å². The van der Waals surface area contributed by atoms with Gasteiger partial charge in [-0.2, -0.15) is 0 Å². The summed E-state index contributed by atoms with van der Waals surface area (Å²) in [4.78, 5) is 10.2. The fraction of sp³-hybridized carbons (Fsp3) is 0.900. The molecule has 3 N–H and O–H groups in total. The van der Waals surface area contributed by atoms with Crippen LogP contribution in [0.1, 0.15) is 32.1 Å². The summed E-state index contributed by atoms with van der Waals surface area (Å²) in [5, 5.41) is 17.9. The Morgan fingerprint density at radius 3 is 2.59 bits per heavy atom. The molecule has 0 amide bonds. The van der Waals surface area contributed by atoms with Crippen molar-refractivity contribution in [1.82, 2.24) is 4.72 Å². The monoisotopic (exact) mass is 265 g/mol. The molecule has 1 saturated carbocycles. The number of carboxylic acids is 1. The highest BCUT2D eigenvalue weighted by atomic mass is 32.2. The molecule has 0 heterocycles. The summed E-state index contributed by atoms with van der Waals surface area (Å²) in [7, 11) is -3.41. The largest absolute Gasteiger partial charge is 0.481 e. The van der Waals surface area contributed by atoms with Crippen molar-refractivity contribution in [3.8, 4) is 0 Å². The first kappa shape index (κ1) is 14.4. The lowest BCUT2D eigenvalue weighted by Crippen LogP contribution is -2.34. The lowest BCUT2D eigenvalue weighted by Gasteiger charge is -2.15. The van der Waals surface area contributed by atoms with E-state index in [4.69, 9.17) is 5.11 Å². The smallest absolute Gasteiger partial charge is 0.303 e. The predicted octanol–water partition coefficient (Wildman–Crippen LogP) is -0.0684. The zero-order valence-electron chi connectivity index (χ0n) is 9.63. The van der Waals surface area contributed by atoms with Crippen molar-refractivity contribution in [3.05, 3.63) is 0 Å². The number of aliphatic carboxylic acids is 1. The number of rotatable bonds is 7. The number of hydrogen-bond donors (Lipinski definition) is 3. The first-order chi connectivity index (χ1) is 7.91. The van der Waals surface area contributed by atoms with Crippen molar-refractivity contribution in [3.63, 3.8) is 0 Å². The molecule has 1 rings (SSSR count). The summed E-state index contributed by atoms with van der Waals surface area (Å²) < 4.78 is 25.4. The highest BCUT2D eigenvalue weighted by Gasteiger charge is 2.26. The van der Waals surface area contributed by atoms with Crippen LogP contribution in [0.5, 0.6) is 0 Å². The molecule has 100 valence electrons. The molecular formula is C10H19NO5S. The van der Waals surface area contributed by atoms with Gasteiger partial charge in [0.15, 0.2) is 0 Å². The number of carbonyl (C=O) groups is 1. The second-order valence-corrected chi connectivity index (χ2v) is 6.35. The third kappa shape index (κ3) is 5.47. The molecule has 7 heteroatoms. The number of hydrogen-bond acceptors (Lipinski definition) is 4. The van der Waals surface area contributed by atoms with Gasteiger partial charge in [-0.1, -0.05) is 6.42 Å². The molecular weight excluding hydrogens is 246 g/mol. The molecule has 1 fully saturated rings. The number of carboxylic acid groups (broad SMARTS) is 1. The third-order valence-corrected chi connectivity index (χ3v) is 4.42. The van der Waals surface area contributed by atoms with E-state index in [1.54, 1.807) is 0 Å². The zero-order chi connectivity index (χ0) is 12.9. The van der Waals surface area contributed by atoms with Crippen molar-refractivity contribution < 1.29 is 23.4 Å². The van der Waals surface area contributed by atoms with E-state index in [1.165, 1.54) is 0 Å². The summed E-state index contributed by atoms with van der Waals surface area (Å²) in [5.74, 6) is -1.18. The Bertz CT molecular complexity index is 354. The van der Waals surface area contributed by atoms with E-state index in [-0.39, 0.29) is 31.1 Å². The lowest BCUT2D eigenvalue weighted by atomic mass is 10.1. The molecule has 2 atom stereocenters. The van der Waals surface area contributed by atoms with Crippen molar-refractivity contribution in [1.29, 1.82) is 0 Å². The number of nitrogens with one attached hydrogen (secondary N) is 1. The second-order valence-electron chi connectivity index (χ2n) is 4.42. The molecule has 6 nitrogen and oxygen atoms in total. The molecule has 0 aromatic carbocycles. The average Bonchev–Trinajstić information content (AvgIpc) is 2.60. The van der Waals surface area contributed by atoms with Crippen LogP contribution < -0.4 is 4.72 Å². The van der Waals surface area contributed by atoms with E-state index in [0.717, 1.165) is 19.3 Å². The first-order valence-corrected chi connectivity index (χ1v) is 7.43. The molecule has 1 aliphatic rings. The van der Waals surface area contributed by atoms with Crippen molar-refractivity contribution in [2.24, 2.45) is 5.92 Å². The Kier molecular flexibility index (Phi) is 5.35. The van der Waals surface area contributed by atoms with Gasteiger partial charge in [0.1, 0.15) is 0 Å². The Balaban J connectivity index is 2.26. The zero-order valence-corrected chi connectivity index (χ0v) is 10.4. The minimum atomic E-state index is -3.41.